The number of carbonyl (C=O) groups is 1. The van der Waals surface area contributed by atoms with Crippen molar-refractivity contribution in [1.82, 2.24) is 19.8 Å². The number of nitrogens with one attached hydrogen (secondary N) is 1. The molecule has 2 amide bonds. The highest BCUT2D eigenvalue weighted by Gasteiger charge is 2.10. The molecule has 0 fully saturated rings. The number of thiophene rings is 1. The molecule has 3 aromatic rings. The van der Waals surface area contributed by atoms with Gasteiger partial charge in [0.1, 0.15) is 5.82 Å². The smallest absolute Gasteiger partial charge is 0.317 e. The minimum absolute atomic E-state index is 0.0447. The molecule has 0 atom stereocenters. The predicted molar refractivity (Wildman–Crippen MR) is 106 cm³/mol. The number of hydrogen-bond donors (Lipinski definition) is 1. The second-order valence-electron chi connectivity index (χ2n) is 5.95. The molecule has 3 rings (SSSR count). The fourth-order valence-corrected chi connectivity index (χ4v) is 4.32. The third-order valence-electron chi connectivity index (χ3n) is 4.05. The number of rotatable bonds is 6. The minimum atomic E-state index is -0.0447. The standard InChI is InChI=1S/C18H21BrN4OS/c1-13-21-15-6-3-4-7-16(15)23(13)11-5-10-20-18(24)22(2)12-14-8-9-17(19)25-14/h3-4,6-9H,5,10-12H2,1-2H3,(H,20,24). The third-order valence-corrected chi connectivity index (χ3v) is 5.66. The van der Waals surface area contributed by atoms with Crippen molar-refractivity contribution in [2.24, 2.45) is 0 Å². The number of para-hydroxylation sites is 2. The maximum atomic E-state index is 12.2. The van der Waals surface area contributed by atoms with E-state index in [1.807, 2.05) is 44.3 Å². The van der Waals surface area contributed by atoms with Gasteiger partial charge in [0, 0.05) is 25.0 Å². The highest BCUT2D eigenvalue weighted by atomic mass is 79.9. The summed E-state index contributed by atoms with van der Waals surface area (Å²) in [4.78, 5) is 19.6. The largest absolute Gasteiger partial charge is 0.338 e. The number of imidazole rings is 1. The number of aryl methyl sites for hydroxylation is 2. The molecule has 0 unspecified atom stereocenters. The molecular formula is C18H21BrN4OS. The van der Waals surface area contributed by atoms with E-state index in [1.165, 1.54) is 0 Å². The molecule has 0 saturated heterocycles. The maximum absolute atomic E-state index is 12.2. The number of carbonyl (C=O) groups excluding carboxylic acids is 1. The molecule has 0 aliphatic carbocycles. The van der Waals surface area contributed by atoms with Gasteiger partial charge in [0.05, 0.1) is 21.4 Å². The van der Waals surface area contributed by atoms with Gasteiger partial charge in [-0.05, 0) is 53.5 Å². The van der Waals surface area contributed by atoms with Crippen molar-refractivity contribution in [1.29, 1.82) is 0 Å². The molecule has 0 saturated carbocycles. The Bertz CT molecular complexity index is 873. The number of fused-ring (bicyclic) bond motifs is 1. The molecule has 0 bridgehead atoms. The summed E-state index contributed by atoms with van der Waals surface area (Å²) in [6.45, 7) is 4.12. The molecule has 0 aliphatic heterocycles. The fourth-order valence-electron chi connectivity index (χ4n) is 2.79. The van der Waals surface area contributed by atoms with Gasteiger partial charge in [-0.3, -0.25) is 0 Å². The van der Waals surface area contributed by atoms with Crippen molar-refractivity contribution in [3.8, 4) is 0 Å². The zero-order valence-corrected chi connectivity index (χ0v) is 16.7. The molecule has 0 spiro atoms. The van der Waals surface area contributed by atoms with E-state index in [4.69, 9.17) is 0 Å². The molecule has 2 heterocycles. The van der Waals surface area contributed by atoms with Crippen LogP contribution in [-0.4, -0.2) is 34.1 Å². The van der Waals surface area contributed by atoms with Crippen LogP contribution in [0.2, 0.25) is 0 Å². The first-order valence-corrected chi connectivity index (χ1v) is 9.80. The van der Waals surface area contributed by atoms with Crippen LogP contribution >= 0.6 is 27.3 Å². The summed E-state index contributed by atoms with van der Waals surface area (Å²) in [6.07, 6.45) is 0.866. The molecule has 0 aliphatic rings. The third kappa shape index (κ3) is 4.41. The van der Waals surface area contributed by atoms with Crippen LogP contribution < -0.4 is 5.32 Å². The zero-order valence-electron chi connectivity index (χ0n) is 14.3. The van der Waals surface area contributed by atoms with Gasteiger partial charge in [-0.25, -0.2) is 9.78 Å². The molecule has 2 aromatic heterocycles. The summed E-state index contributed by atoms with van der Waals surface area (Å²) in [6, 6.07) is 12.1. The molecule has 132 valence electrons. The Hall–Kier alpha value is -1.86. The topological polar surface area (TPSA) is 50.2 Å². The van der Waals surface area contributed by atoms with Crippen LogP contribution in [0.5, 0.6) is 0 Å². The Balaban J connectivity index is 1.47. The molecule has 1 N–H and O–H groups in total. The number of amides is 2. The lowest BCUT2D eigenvalue weighted by Gasteiger charge is -2.17. The lowest BCUT2D eigenvalue weighted by atomic mass is 10.3. The van der Waals surface area contributed by atoms with E-state index >= 15 is 0 Å². The van der Waals surface area contributed by atoms with E-state index in [-0.39, 0.29) is 6.03 Å². The SMILES string of the molecule is Cc1nc2ccccc2n1CCCNC(=O)N(C)Cc1ccc(Br)s1. The lowest BCUT2D eigenvalue weighted by molar-refractivity contribution is 0.207. The molecule has 25 heavy (non-hydrogen) atoms. The normalized spacial score (nSPS) is 11.0. The summed E-state index contributed by atoms with van der Waals surface area (Å²) in [5, 5.41) is 2.99. The van der Waals surface area contributed by atoms with Crippen LogP contribution in [0.15, 0.2) is 40.2 Å². The summed E-state index contributed by atoms with van der Waals surface area (Å²) >= 11 is 5.09. The second kappa shape index (κ2) is 8.01. The Kier molecular flexibility index (Phi) is 5.75. The monoisotopic (exact) mass is 420 g/mol. The van der Waals surface area contributed by atoms with E-state index in [0.717, 1.165) is 38.5 Å². The van der Waals surface area contributed by atoms with Gasteiger partial charge in [-0.2, -0.15) is 0 Å². The summed E-state index contributed by atoms with van der Waals surface area (Å²) < 4.78 is 3.29. The first-order chi connectivity index (χ1) is 12.0. The predicted octanol–water partition coefficient (Wildman–Crippen LogP) is 4.40. The van der Waals surface area contributed by atoms with E-state index in [1.54, 1.807) is 16.2 Å². The first-order valence-electron chi connectivity index (χ1n) is 8.19. The highest BCUT2D eigenvalue weighted by Crippen LogP contribution is 2.23. The van der Waals surface area contributed by atoms with Crippen molar-refractivity contribution < 1.29 is 4.79 Å². The van der Waals surface area contributed by atoms with Crippen molar-refractivity contribution in [2.45, 2.75) is 26.4 Å². The van der Waals surface area contributed by atoms with E-state index < -0.39 is 0 Å². The summed E-state index contributed by atoms with van der Waals surface area (Å²) in [7, 11) is 1.82. The van der Waals surface area contributed by atoms with Crippen LogP contribution in [0.4, 0.5) is 4.79 Å². The van der Waals surface area contributed by atoms with E-state index in [0.29, 0.717) is 13.1 Å². The van der Waals surface area contributed by atoms with Crippen LogP contribution in [0.3, 0.4) is 0 Å². The Morgan fingerprint density at radius 1 is 1.32 bits per heavy atom. The molecule has 0 radical (unpaired) electrons. The second-order valence-corrected chi connectivity index (χ2v) is 8.49. The number of hydrogen-bond acceptors (Lipinski definition) is 3. The Labute approximate surface area is 159 Å². The van der Waals surface area contributed by atoms with Crippen molar-refractivity contribution in [3.63, 3.8) is 0 Å². The van der Waals surface area contributed by atoms with Gasteiger partial charge in [-0.15, -0.1) is 11.3 Å². The fraction of sp³-hybridized carbons (Fsp3) is 0.333. The Morgan fingerprint density at radius 3 is 2.88 bits per heavy atom. The minimum Gasteiger partial charge on any atom is -0.338 e. The quantitative estimate of drug-likeness (QED) is 0.600. The molecule has 1 aromatic carbocycles. The van der Waals surface area contributed by atoms with Crippen molar-refractivity contribution >= 4 is 44.3 Å². The molecular weight excluding hydrogens is 400 g/mol. The van der Waals surface area contributed by atoms with Crippen LogP contribution in [-0.2, 0) is 13.1 Å². The van der Waals surface area contributed by atoms with Gasteiger partial charge >= 0.3 is 6.03 Å². The van der Waals surface area contributed by atoms with Gasteiger partial charge in [-0.1, -0.05) is 12.1 Å². The van der Waals surface area contributed by atoms with Crippen molar-refractivity contribution in [2.75, 3.05) is 13.6 Å². The van der Waals surface area contributed by atoms with Crippen molar-refractivity contribution in [3.05, 3.63) is 50.9 Å². The number of aromatic nitrogens is 2. The van der Waals surface area contributed by atoms with Crippen LogP contribution in [0.1, 0.15) is 17.1 Å². The maximum Gasteiger partial charge on any atom is 0.317 e. The van der Waals surface area contributed by atoms with E-state index in [9.17, 15) is 4.79 Å². The number of urea groups is 1. The van der Waals surface area contributed by atoms with Crippen LogP contribution in [0, 0.1) is 6.92 Å². The lowest BCUT2D eigenvalue weighted by Crippen LogP contribution is -2.37. The molecule has 5 nitrogen and oxygen atoms in total. The van der Waals surface area contributed by atoms with Gasteiger partial charge in [0.2, 0.25) is 0 Å². The van der Waals surface area contributed by atoms with Gasteiger partial charge < -0.3 is 14.8 Å². The zero-order chi connectivity index (χ0) is 17.8. The highest BCUT2D eigenvalue weighted by molar-refractivity contribution is 9.11. The Morgan fingerprint density at radius 2 is 2.12 bits per heavy atom. The van der Waals surface area contributed by atoms with Gasteiger partial charge in [0.15, 0.2) is 0 Å². The summed E-state index contributed by atoms with van der Waals surface area (Å²) in [5.74, 6) is 1.01. The summed E-state index contributed by atoms with van der Waals surface area (Å²) in [5.41, 5.74) is 2.16. The first kappa shape index (κ1) is 17.9. The van der Waals surface area contributed by atoms with Crippen LogP contribution in [0.25, 0.3) is 11.0 Å². The number of benzene rings is 1. The number of nitrogens with zero attached hydrogens (tertiary/aromatic N) is 3. The molecule has 7 heteroatoms. The average molecular weight is 421 g/mol. The number of halogens is 1. The van der Waals surface area contributed by atoms with E-state index in [2.05, 4.69) is 36.9 Å². The van der Waals surface area contributed by atoms with Gasteiger partial charge in [0.25, 0.3) is 0 Å². The average Bonchev–Trinajstić information content (AvgIpc) is 3.14.